The highest BCUT2D eigenvalue weighted by Gasteiger charge is 2.64. The first kappa shape index (κ1) is 24.5. The van der Waals surface area contributed by atoms with E-state index in [0.29, 0.717) is 6.42 Å². The van der Waals surface area contributed by atoms with Gasteiger partial charge in [-0.15, -0.1) is 0 Å². The predicted molar refractivity (Wildman–Crippen MR) is 75.2 cm³/mol. The summed E-state index contributed by atoms with van der Waals surface area (Å²) in [6, 6.07) is -3.71. The Bertz CT molecular complexity index is 556. The predicted octanol–water partition coefficient (Wildman–Crippen LogP) is -2.87. The number of nitrogens with zero attached hydrogens (tertiary/aromatic N) is 1. The normalized spacial score (nSPS) is 20.6. The maximum atomic E-state index is 13.3. The zero-order valence-corrected chi connectivity index (χ0v) is 15.1. The number of alkyl halides is 5. The zero-order valence-electron chi connectivity index (χ0n) is 14.4. The van der Waals surface area contributed by atoms with E-state index >= 15 is 0 Å². The van der Waals surface area contributed by atoms with Gasteiger partial charge in [-0.2, -0.15) is 22.0 Å². The van der Waals surface area contributed by atoms with Crippen molar-refractivity contribution in [1.82, 2.24) is 10.2 Å². The van der Waals surface area contributed by atoms with Crippen LogP contribution in [0.1, 0.15) is 27.2 Å². The lowest BCUT2D eigenvalue weighted by Gasteiger charge is -2.29. The van der Waals surface area contributed by atoms with Gasteiger partial charge in [0.25, 0.3) is 5.91 Å². The van der Waals surface area contributed by atoms with Crippen molar-refractivity contribution in [1.29, 1.82) is 0 Å². The number of hydrogen-bond donors (Lipinski definition) is 2. The van der Waals surface area contributed by atoms with Crippen LogP contribution in [0.5, 0.6) is 0 Å². The molecule has 6 nitrogen and oxygen atoms in total. The van der Waals surface area contributed by atoms with E-state index in [1.807, 2.05) is 5.32 Å². The molecule has 3 atom stereocenters. The summed E-state index contributed by atoms with van der Waals surface area (Å²) < 4.78 is 63.8. The summed E-state index contributed by atoms with van der Waals surface area (Å²) in [4.78, 5) is 36.8. The number of nitrogens with one attached hydrogen (secondary N) is 1. The summed E-state index contributed by atoms with van der Waals surface area (Å²) in [7, 11) is 0. The summed E-state index contributed by atoms with van der Waals surface area (Å²) in [5.74, 6) is -10.4. The van der Waals surface area contributed by atoms with Crippen LogP contribution < -0.4 is 23.5 Å². The summed E-state index contributed by atoms with van der Waals surface area (Å²) in [6.07, 6.45) is -5.66. The number of amides is 2. The van der Waals surface area contributed by atoms with E-state index in [2.05, 4.69) is 5.73 Å². The SMILES string of the molecule is CC(C)C(NC(=O)[C@H](C)N1CC[C@H]([NH3+])C1=O)C(=O)C(F)(F)C(F)(F)F.[Cl-]. The molecular weight excluding hydrogens is 389 g/mol. The van der Waals surface area contributed by atoms with Gasteiger partial charge in [-0.1, -0.05) is 13.8 Å². The number of ketones is 1. The fraction of sp³-hybridized carbons (Fsp3) is 0.786. The second-order valence-corrected chi connectivity index (χ2v) is 6.36. The fourth-order valence-electron chi connectivity index (χ4n) is 2.43. The number of halogens is 6. The molecule has 0 aromatic carbocycles. The van der Waals surface area contributed by atoms with E-state index in [0.717, 1.165) is 4.90 Å². The standard InChI is InChI=1S/C14H20F5N3O3.ClH/c1-6(2)9(10(23)13(15,16)14(17,18)19)21-11(24)7(3)22-5-4-8(20)12(22)25;/h6-9H,4-5,20H2,1-3H3,(H,21,24);1H/t7-,8-,9?;/m0./s1. The van der Waals surface area contributed by atoms with E-state index in [1.54, 1.807) is 0 Å². The van der Waals surface area contributed by atoms with Crippen LogP contribution in [0.3, 0.4) is 0 Å². The molecule has 12 heteroatoms. The van der Waals surface area contributed by atoms with Gasteiger partial charge in [-0.25, -0.2) is 0 Å². The maximum absolute atomic E-state index is 13.3. The zero-order chi connectivity index (χ0) is 19.7. The third kappa shape index (κ3) is 4.81. The smallest absolute Gasteiger partial charge is 0.461 e. The minimum Gasteiger partial charge on any atom is -1.00 e. The van der Waals surface area contributed by atoms with Crippen molar-refractivity contribution < 1.29 is 54.5 Å². The number of rotatable bonds is 6. The van der Waals surface area contributed by atoms with Gasteiger partial charge in [-0.3, -0.25) is 14.4 Å². The highest BCUT2D eigenvalue weighted by Crippen LogP contribution is 2.37. The largest absolute Gasteiger partial charge is 1.00 e. The molecule has 0 radical (unpaired) electrons. The molecule has 1 unspecified atom stereocenters. The van der Waals surface area contributed by atoms with Crippen LogP contribution in [0, 0.1) is 5.92 Å². The van der Waals surface area contributed by atoms with Crippen LogP contribution in [0.2, 0.25) is 0 Å². The van der Waals surface area contributed by atoms with Crippen molar-refractivity contribution in [2.24, 2.45) is 5.92 Å². The number of likely N-dealkylation sites (tertiary alicyclic amines) is 1. The summed E-state index contributed by atoms with van der Waals surface area (Å²) in [6.45, 7) is 3.97. The van der Waals surface area contributed by atoms with Crippen molar-refractivity contribution in [3.8, 4) is 0 Å². The molecule has 1 aliphatic rings. The van der Waals surface area contributed by atoms with Gasteiger partial charge in [0.05, 0.1) is 6.04 Å². The minimum atomic E-state index is -6.06. The van der Waals surface area contributed by atoms with Gasteiger partial charge in [0.15, 0.2) is 6.04 Å². The molecule has 0 bridgehead atoms. The Morgan fingerprint density at radius 2 is 1.69 bits per heavy atom. The number of carbonyl (C=O) groups is 3. The van der Waals surface area contributed by atoms with Crippen LogP contribution in [0.4, 0.5) is 22.0 Å². The van der Waals surface area contributed by atoms with Crippen molar-refractivity contribution >= 4 is 17.6 Å². The van der Waals surface area contributed by atoms with Crippen LogP contribution in [0.15, 0.2) is 0 Å². The van der Waals surface area contributed by atoms with Crippen LogP contribution >= 0.6 is 0 Å². The monoisotopic (exact) mass is 409 g/mol. The molecule has 2 amide bonds. The number of Topliss-reactive ketones (excluding diaryl/α,β-unsaturated/α-hetero) is 1. The number of quaternary nitrogens is 1. The quantitative estimate of drug-likeness (QED) is 0.462. The van der Waals surface area contributed by atoms with E-state index < -0.39 is 53.7 Å². The van der Waals surface area contributed by atoms with Crippen molar-refractivity contribution in [2.45, 2.75) is 57.4 Å². The van der Waals surface area contributed by atoms with E-state index in [1.165, 1.54) is 20.8 Å². The van der Waals surface area contributed by atoms with Crippen LogP contribution in [0.25, 0.3) is 0 Å². The molecule has 0 aromatic rings. The minimum absolute atomic E-state index is 0. The maximum Gasteiger partial charge on any atom is 0.461 e. The lowest BCUT2D eigenvalue weighted by atomic mass is 9.95. The third-order valence-corrected chi connectivity index (χ3v) is 4.11. The van der Waals surface area contributed by atoms with Gasteiger partial charge in [-0.05, 0) is 12.8 Å². The molecule has 152 valence electrons. The highest BCUT2D eigenvalue weighted by molar-refractivity contribution is 5.96. The average Bonchev–Trinajstić information content (AvgIpc) is 2.81. The first-order valence-electron chi connectivity index (χ1n) is 7.64. The van der Waals surface area contributed by atoms with E-state index in [9.17, 15) is 36.3 Å². The molecular formula is C14H21ClF5N3O3. The van der Waals surface area contributed by atoms with Crippen molar-refractivity contribution in [3.63, 3.8) is 0 Å². The Morgan fingerprint density at radius 1 is 1.19 bits per heavy atom. The van der Waals surface area contributed by atoms with E-state index in [-0.39, 0.29) is 19.0 Å². The Hall–Kier alpha value is -1.49. The molecule has 0 saturated carbocycles. The van der Waals surface area contributed by atoms with Crippen molar-refractivity contribution in [2.75, 3.05) is 6.54 Å². The summed E-state index contributed by atoms with van der Waals surface area (Å²) in [5, 5.41) is 1.92. The van der Waals surface area contributed by atoms with E-state index in [4.69, 9.17) is 0 Å². The number of hydrogen-bond acceptors (Lipinski definition) is 3. The van der Waals surface area contributed by atoms with Crippen LogP contribution in [-0.4, -0.2) is 59.3 Å². The average molecular weight is 410 g/mol. The lowest BCUT2D eigenvalue weighted by Crippen LogP contribution is -3.00. The second kappa shape index (κ2) is 8.47. The molecule has 0 aromatic heterocycles. The molecule has 4 N–H and O–H groups in total. The fourth-order valence-corrected chi connectivity index (χ4v) is 2.43. The van der Waals surface area contributed by atoms with Gasteiger partial charge in [0, 0.05) is 13.0 Å². The van der Waals surface area contributed by atoms with Crippen molar-refractivity contribution in [3.05, 3.63) is 0 Å². The molecule has 1 aliphatic heterocycles. The molecule has 0 aliphatic carbocycles. The van der Waals surface area contributed by atoms with Gasteiger partial charge >= 0.3 is 12.1 Å². The summed E-state index contributed by atoms with van der Waals surface area (Å²) >= 11 is 0. The first-order chi connectivity index (χ1) is 11.2. The lowest BCUT2D eigenvalue weighted by molar-refractivity contribution is -0.401. The molecule has 1 heterocycles. The Kier molecular flexibility index (Phi) is 7.98. The Balaban J connectivity index is 0.00000625. The number of carbonyl (C=O) groups excluding carboxylic acids is 3. The van der Waals surface area contributed by atoms with Gasteiger partial charge < -0.3 is 28.4 Å². The van der Waals surface area contributed by atoms with Gasteiger partial charge in [0.2, 0.25) is 11.7 Å². The molecule has 0 spiro atoms. The summed E-state index contributed by atoms with van der Waals surface area (Å²) in [5.41, 5.74) is 3.59. The molecule has 1 fully saturated rings. The third-order valence-electron chi connectivity index (χ3n) is 4.11. The molecule has 26 heavy (non-hydrogen) atoms. The topological polar surface area (TPSA) is 94.1 Å². The molecule has 1 saturated heterocycles. The highest BCUT2D eigenvalue weighted by atomic mass is 35.5. The molecule has 1 rings (SSSR count). The Labute approximate surface area is 153 Å². The van der Waals surface area contributed by atoms with Gasteiger partial charge in [0.1, 0.15) is 6.04 Å². The Morgan fingerprint density at radius 3 is 2.04 bits per heavy atom. The van der Waals surface area contributed by atoms with Crippen LogP contribution in [-0.2, 0) is 14.4 Å². The first-order valence-corrected chi connectivity index (χ1v) is 7.64. The second-order valence-electron chi connectivity index (χ2n) is 6.36.